The van der Waals surface area contributed by atoms with Gasteiger partial charge in [0.15, 0.2) is 5.17 Å². The molecule has 3 rings (SSSR count). The predicted molar refractivity (Wildman–Crippen MR) is 111 cm³/mol. The molecule has 2 N–H and O–H groups in total. The molecule has 6 heteroatoms. The molecule has 0 saturated heterocycles. The lowest BCUT2D eigenvalue weighted by molar-refractivity contribution is 0.884. The molecule has 0 radical (unpaired) electrons. The number of rotatable bonds is 5. The van der Waals surface area contributed by atoms with Crippen molar-refractivity contribution in [1.82, 2.24) is 9.78 Å². The summed E-state index contributed by atoms with van der Waals surface area (Å²) in [5.41, 5.74) is 10.8. The summed E-state index contributed by atoms with van der Waals surface area (Å²) in [5, 5.41) is 13.4. The second-order valence-electron chi connectivity index (χ2n) is 5.70. The van der Waals surface area contributed by atoms with Gasteiger partial charge < -0.3 is 5.73 Å². The molecule has 0 fully saturated rings. The van der Waals surface area contributed by atoms with E-state index in [1.165, 1.54) is 17.3 Å². The van der Waals surface area contributed by atoms with Crippen LogP contribution in [0.5, 0.6) is 0 Å². The Bertz CT molecular complexity index is 911. The van der Waals surface area contributed by atoms with Gasteiger partial charge in [-0.3, -0.25) is 0 Å². The van der Waals surface area contributed by atoms with E-state index in [2.05, 4.69) is 41.4 Å². The molecule has 5 nitrogen and oxygen atoms in total. The zero-order chi connectivity index (χ0) is 18.4. The maximum atomic E-state index is 5.79. The molecule has 3 aromatic rings. The average molecular weight is 363 g/mol. The Morgan fingerprint density at radius 3 is 2.58 bits per heavy atom. The lowest BCUT2D eigenvalue weighted by atomic mass is 10.1. The third kappa shape index (κ3) is 4.40. The molecule has 0 aliphatic rings. The highest BCUT2D eigenvalue weighted by Crippen LogP contribution is 2.23. The van der Waals surface area contributed by atoms with Crippen LogP contribution in [0.15, 0.2) is 71.0 Å². The lowest BCUT2D eigenvalue weighted by Gasteiger charge is -2.01. The number of nitrogens with zero attached hydrogens (tertiary/aromatic N) is 4. The molecule has 0 unspecified atom stereocenters. The van der Waals surface area contributed by atoms with Crippen molar-refractivity contribution in [2.24, 2.45) is 15.9 Å². The van der Waals surface area contributed by atoms with Crippen molar-refractivity contribution >= 4 is 23.1 Å². The predicted octanol–water partition coefficient (Wildman–Crippen LogP) is 4.25. The van der Waals surface area contributed by atoms with Crippen LogP contribution in [0.1, 0.15) is 18.1 Å². The molecule has 0 aliphatic carbocycles. The fraction of sp³-hybridized carbons (Fsp3) is 0.150. The Kier molecular flexibility index (Phi) is 5.86. The van der Waals surface area contributed by atoms with Crippen LogP contribution in [0.3, 0.4) is 0 Å². The van der Waals surface area contributed by atoms with Gasteiger partial charge in [0, 0.05) is 17.3 Å². The molecule has 0 spiro atoms. The van der Waals surface area contributed by atoms with Gasteiger partial charge in [0.1, 0.15) is 5.69 Å². The summed E-state index contributed by atoms with van der Waals surface area (Å²) in [6, 6.07) is 18.3. The van der Waals surface area contributed by atoms with E-state index in [0.29, 0.717) is 5.17 Å². The zero-order valence-corrected chi connectivity index (χ0v) is 15.6. The lowest BCUT2D eigenvalue weighted by Crippen LogP contribution is -2.05. The summed E-state index contributed by atoms with van der Waals surface area (Å²) in [5.74, 6) is 0.866. The molecule has 26 heavy (non-hydrogen) atoms. The molecule has 0 aliphatic heterocycles. The molecular weight excluding hydrogens is 342 g/mol. The van der Waals surface area contributed by atoms with Crippen LogP contribution in [0.4, 0.5) is 0 Å². The summed E-state index contributed by atoms with van der Waals surface area (Å²) in [6.45, 7) is 4.09. The third-order valence-corrected chi connectivity index (χ3v) is 4.40. The SMILES string of the molecule is CCS/C(N)=N\N=C/c1cn(-c2ccccc2)nc1-c1ccc(C)cc1. The Hall–Kier alpha value is -2.86. The molecule has 1 heterocycles. The average Bonchev–Trinajstić information content (AvgIpc) is 3.07. The second-order valence-corrected chi connectivity index (χ2v) is 6.98. The Labute approximate surface area is 157 Å². The first-order chi connectivity index (χ1) is 12.7. The Morgan fingerprint density at radius 1 is 1.15 bits per heavy atom. The second kappa shape index (κ2) is 8.49. The van der Waals surface area contributed by atoms with Crippen molar-refractivity contribution in [2.75, 3.05) is 5.75 Å². The van der Waals surface area contributed by atoms with Crippen molar-refractivity contribution in [3.63, 3.8) is 0 Å². The van der Waals surface area contributed by atoms with Gasteiger partial charge in [-0.05, 0) is 24.8 Å². The number of hydrogen-bond acceptors (Lipinski definition) is 4. The van der Waals surface area contributed by atoms with Gasteiger partial charge in [-0.2, -0.15) is 10.2 Å². The monoisotopic (exact) mass is 363 g/mol. The first-order valence-corrected chi connectivity index (χ1v) is 9.37. The normalized spacial score (nSPS) is 12.0. The van der Waals surface area contributed by atoms with Gasteiger partial charge in [-0.25, -0.2) is 4.68 Å². The van der Waals surface area contributed by atoms with E-state index in [-0.39, 0.29) is 0 Å². The minimum Gasteiger partial charge on any atom is -0.377 e. The number of thioether (sulfide) groups is 1. The number of amidine groups is 1. The van der Waals surface area contributed by atoms with E-state index < -0.39 is 0 Å². The van der Waals surface area contributed by atoms with Crippen LogP contribution in [0.25, 0.3) is 16.9 Å². The van der Waals surface area contributed by atoms with Crippen LogP contribution < -0.4 is 5.73 Å². The highest BCUT2D eigenvalue weighted by atomic mass is 32.2. The maximum Gasteiger partial charge on any atom is 0.180 e. The highest BCUT2D eigenvalue weighted by Gasteiger charge is 2.11. The summed E-state index contributed by atoms with van der Waals surface area (Å²) in [4.78, 5) is 0. The minimum atomic E-state index is 0.455. The van der Waals surface area contributed by atoms with Gasteiger partial charge >= 0.3 is 0 Å². The molecule has 0 atom stereocenters. The van der Waals surface area contributed by atoms with E-state index in [1.807, 2.05) is 48.1 Å². The van der Waals surface area contributed by atoms with Gasteiger partial charge in [-0.1, -0.05) is 66.7 Å². The number of benzene rings is 2. The van der Waals surface area contributed by atoms with Crippen molar-refractivity contribution in [1.29, 1.82) is 0 Å². The van der Waals surface area contributed by atoms with Crippen LogP contribution in [0.2, 0.25) is 0 Å². The van der Waals surface area contributed by atoms with E-state index in [9.17, 15) is 0 Å². The zero-order valence-electron chi connectivity index (χ0n) is 14.8. The Balaban J connectivity index is 2.00. The largest absolute Gasteiger partial charge is 0.377 e. The number of aromatic nitrogens is 2. The van der Waals surface area contributed by atoms with Gasteiger partial charge in [0.05, 0.1) is 11.9 Å². The van der Waals surface area contributed by atoms with E-state index in [4.69, 9.17) is 10.8 Å². The minimum absolute atomic E-state index is 0.455. The summed E-state index contributed by atoms with van der Waals surface area (Å²) in [7, 11) is 0. The van der Waals surface area contributed by atoms with Crippen molar-refractivity contribution < 1.29 is 0 Å². The molecule has 2 aromatic carbocycles. The quantitative estimate of drug-likeness (QED) is 0.418. The van der Waals surface area contributed by atoms with Crippen molar-refractivity contribution in [2.45, 2.75) is 13.8 Å². The molecule has 132 valence electrons. The molecule has 1 aromatic heterocycles. The van der Waals surface area contributed by atoms with E-state index >= 15 is 0 Å². The number of aryl methyl sites for hydroxylation is 1. The first kappa shape index (κ1) is 17.9. The van der Waals surface area contributed by atoms with Crippen molar-refractivity contribution in [3.05, 3.63) is 71.9 Å². The van der Waals surface area contributed by atoms with Crippen LogP contribution in [0, 0.1) is 6.92 Å². The number of hydrogen-bond donors (Lipinski definition) is 1. The van der Waals surface area contributed by atoms with Crippen LogP contribution in [-0.4, -0.2) is 26.9 Å². The number of para-hydroxylation sites is 1. The topological polar surface area (TPSA) is 68.6 Å². The molecule has 0 bridgehead atoms. The smallest absolute Gasteiger partial charge is 0.180 e. The van der Waals surface area contributed by atoms with Crippen LogP contribution >= 0.6 is 11.8 Å². The summed E-state index contributed by atoms with van der Waals surface area (Å²) >= 11 is 1.46. The molecule has 0 saturated carbocycles. The fourth-order valence-electron chi connectivity index (χ4n) is 2.46. The number of nitrogens with two attached hydrogens (primary N) is 1. The standard InChI is InChI=1S/C20H21N5S/c1-3-26-20(21)23-22-13-17-14-25(18-7-5-4-6-8-18)24-19(17)16-11-9-15(2)10-12-16/h4-14H,3H2,1-2H3,(H2,21,23)/b22-13-. The van der Waals surface area contributed by atoms with Gasteiger partial charge in [0.2, 0.25) is 0 Å². The first-order valence-electron chi connectivity index (χ1n) is 8.39. The fourth-order valence-corrected chi connectivity index (χ4v) is 2.86. The highest BCUT2D eigenvalue weighted by molar-refractivity contribution is 8.13. The Morgan fingerprint density at radius 2 is 1.88 bits per heavy atom. The molecular formula is C20H21N5S. The summed E-state index contributed by atoms with van der Waals surface area (Å²) < 4.78 is 1.85. The van der Waals surface area contributed by atoms with Gasteiger partial charge in [0.25, 0.3) is 0 Å². The third-order valence-electron chi connectivity index (χ3n) is 3.73. The van der Waals surface area contributed by atoms with E-state index in [1.54, 1.807) is 6.21 Å². The van der Waals surface area contributed by atoms with Gasteiger partial charge in [-0.15, -0.1) is 5.10 Å². The molecule has 0 amide bonds. The maximum absolute atomic E-state index is 5.79. The summed E-state index contributed by atoms with van der Waals surface area (Å²) in [6.07, 6.45) is 3.65. The van der Waals surface area contributed by atoms with E-state index in [0.717, 1.165) is 28.3 Å². The van der Waals surface area contributed by atoms with Crippen molar-refractivity contribution in [3.8, 4) is 16.9 Å². The van der Waals surface area contributed by atoms with Crippen LogP contribution in [-0.2, 0) is 0 Å².